The van der Waals surface area contributed by atoms with Crippen LogP contribution in [-0.2, 0) is 13.6 Å². The maximum Gasteiger partial charge on any atom is 0.151 e. The summed E-state index contributed by atoms with van der Waals surface area (Å²) in [6.45, 7) is 0.592. The first-order valence-corrected chi connectivity index (χ1v) is 6.65. The number of aromatic nitrogens is 4. The molecule has 0 aliphatic carbocycles. The minimum absolute atomic E-state index is 0.592. The van der Waals surface area contributed by atoms with Gasteiger partial charge in [-0.05, 0) is 12.1 Å². The molecule has 3 rings (SSSR count). The predicted molar refractivity (Wildman–Crippen MR) is 77.8 cm³/mol. The predicted octanol–water partition coefficient (Wildman–Crippen LogP) is 2.74. The largest absolute Gasteiger partial charge is 0.362 e. The number of nitrogens with one attached hydrogen (secondary N) is 1. The number of fused-ring (bicyclic) bond motifs is 1. The lowest BCUT2D eigenvalue weighted by molar-refractivity contribution is 0.811. The number of nitrogens with zero attached hydrogens (tertiary/aromatic N) is 4. The molecule has 1 N–H and O–H groups in total. The normalized spacial score (nSPS) is 10.8. The molecule has 0 saturated carbocycles. The summed E-state index contributed by atoms with van der Waals surface area (Å²) in [5, 5.41) is 13.4. The smallest absolute Gasteiger partial charge is 0.151 e. The number of rotatable bonds is 3. The number of anilines is 1. The van der Waals surface area contributed by atoms with Gasteiger partial charge in [-0.25, -0.2) is 4.98 Å². The highest BCUT2D eigenvalue weighted by Crippen LogP contribution is 2.27. The summed E-state index contributed by atoms with van der Waals surface area (Å²) in [7, 11) is 1.92. The van der Waals surface area contributed by atoms with Gasteiger partial charge in [-0.15, -0.1) is 10.2 Å². The highest BCUT2D eigenvalue weighted by atomic mass is 79.9. The molecule has 0 radical (unpaired) electrons. The van der Waals surface area contributed by atoms with E-state index in [1.807, 2.05) is 35.9 Å². The van der Waals surface area contributed by atoms with E-state index in [1.54, 1.807) is 12.5 Å². The van der Waals surface area contributed by atoms with Crippen molar-refractivity contribution >= 4 is 32.5 Å². The van der Waals surface area contributed by atoms with Gasteiger partial charge in [0.25, 0.3) is 0 Å². The highest BCUT2D eigenvalue weighted by Gasteiger charge is 2.06. The zero-order valence-corrected chi connectivity index (χ0v) is 11.9. The number of benzene rings is 1. The molecule has 19 heavy (non-hydrogen) atoms. The van der Waals surface area contributed by atoms with E-state index in [9.17, 15) is 0 Å². The molecule has 5 nitrogen and oxygen atoms in total. The second-order valence-electron chi connectivity index (χ2n) is 4.21. The molecule has 0 aliphatic heterocycles. The van der Waals surface area contributed by atoms with E-state index in [2.05, 4.69) is 36.4 Å². The van der Waals surface area contributed by atoms with E-state index in [0.717, 1.165) is 26.9 Å². The van der Waals surface area contributed by atoms with Crippen LogP contribution in [0.2, 0.25) is 0 Å². The second-order valence-corrected chi connectivity index (χ2v) is 5.06. The monoisotopic (exact) mass is 317 g/mol. The van der Waals surface area contributed by atoms with Crippen molar-refractivity contribution in [3.05, 3.63) is 47.1 Å². The van der Waals surface area contributed by atoms with Crippen molar-refractivity contribution in [2.75, 3.05) is 5.32 Å². The number of hydrogen-bond acceptors (Lipinski definition) is 4. The van der Waals surface area contributed by atoms with Gasteiger partial charge in [0.15, 0.2) is 5.82 Å². The third kappa shape index (κ3) is 2.31. The standard InChI is InChI=1S/C13H12BrN5/c1-19-8-17-18-12(19)7-16-13-10-3-2-4-11(14)9(10)5-6-15-13/h2-6,8H,7H2,1H3,(H,15,16). The maximum atomic E-state index is 4.39. The molecule has 6 heteroatoms. The number of halogens is 1. The summed E-state index contributed by atoms with van der Waals surface area (Å²) in [4.78, 5) is 4.39. The van der Waals surface area contributed by atoms with Gasteiger partial charge in [0.1, 0.15) is 12.1 Å². The molecule has 2 aromatic heterocycles. The van der Waals surface area contributed by atoms with E-state index in [-0.39, 0.29) is 0 Å². The molecule has 1 aromatic carbocycles. The van der Waals surface area contributed by atoms with Crippen LogP contribution < -0.4 is 5.32 Å². The molecule has 96 valence electrons. The van der Waals surface area contributed by atoms with Crippen LogP contribution in [-0.4, -0.2) is 19.7 Å². The first-order valence-electron chi connectivity index (χ1n) is 5.85. The Morgan fingerprint density at radius 2 is 2.16 bits per heavy atom. The minimum atomic E-state index is 0.592. The van der Waals surface area contributed by atoms with Gasteiger partial charge >= 0.3 is 0 Å². The van der Waals surface area contributed by atoms with Crippen molar-refractivity contribution in [1.29, 1.82) is 0 Å². The SMILES string of the molecule is Cn1cnnc1CNc1nccc2c(Br)cccc12. The summed E-state index contributed by atoms with van der Waals surface area (Å²) in [6.07, 6.45) is 3.48. The second kappa shape index (κ2) is 4.97. The molecule has 2 heterocycles. The van der Waals surface area contributed by atoms with Crippen molar-refractivity contribution < 1.29 is 0 Å². The van der Waals surface area contributed by atoms with Crippen molar-refractivity contribution in [3.63, 3.8) is 0 Å². The van der Waals surface area contributed by atoms with E-state index in [1.165, 1.54) is 0 Å². The van der Waals surface area contributed by atoms with Crippen LogP contribution in [0.25, 0.3) is 10.8 Å². The first kappa shape index (κ1) is 12.1. The Morgan fingerprint density at radius 1 is 1.26 bits per heavy atom. The van der Waals surface area contributed by atoms with Crippen LogP contribution in [0.3, 0.4) is 0 Å². The van der Waals surface area contributed by atoms with E-state index < -0.39 is 0 Å². The van der Waals surface area contributed by atoms with Gasteiger partial charge in [0.05, 0.1) is 6.54 Å². The quantitative estimate of drug-likeness (QED) is 0.807. The Morgan fingerprint density at radius 3 is 2.95 bits per heavy atom. The first-order chi connectivity index (χ1) is 9.25. The number of aryl methyl sites for hydroxylation is 1. The molecule has 0 amide bonds. The molecule has 0 fully saturated rings. The van der Waals surface area contributed by atoms with E-state index in [0.29, 0.717) is 6.54 Å². The molecule has 0 bridgehead atoms. The Kier molecular flexibility index (Phi) is 3.16. The van der Waals surface area contributed by atoms with Gasteiger partial charge in [0, 0.05) is 28.5 Å². The third-order valence-electron chi connectivity index (χ3n) is 2.97. The van der Waals surface area contributed by atoms with Crippen molar-refractivity contribution in [3.8, 4) is 0 Å². The fourth-order valence-corrected chi connectivity index (χ4v) is 2.44. The number of pyridine rings is 1. The average molecular weight is 318 g/mol. The van der Waals surface area contributed by atoms with Crippen LogP contribution in [0.5, 0.6) is 0 Å². The Hall–Kier alpha value is -1.95. The fraction of sp³-hybridized carbons (Fsp3) is 0.154. The van der Waals surface area contributed by atoms with E-state index in [4.69, 9.17) is 0 Å². The Balaban J connectivity index is 1.93. The van der Waals surface area contributed by atoms with Crippen LogP contribution in [0.15, 0.2) is 41.3 Å². The molecule has 0 aliphatic rings. The molecule has 0 atom stereocenters. The zero-order chi connectivity index (χ0) is 13.2. The van der Waals surface area contributed by atoms with Gasteiger partial charge in [0.2, 0.25) is 0 Å². The summed E-state index contributed by atoms with van der Waals surface area (Å²) in [5.74, 6) is 1.72. The van der Waals surface area contributed by atoms with Crippen LogP contribution in [0.4, 0.5) is 5.82 Å². The third-order valence-corrected chi connectivity index (χ3v) is 3.66. The van der Waals surface area contributed by atoms with Gasteiger partial charge in [-0.1, -0.05) is 28.1 Å². The van der Waals surface area contributed by atoms with Gasteiger partial charge in [-0.2, -0.15) is 0 Å². The van der Waals surface area contributed by atoms with Crippen molar-refractivity contribution in [2.45, 2.75) is 6.54 Å². The maximum absolute atomic E-state index is 4.39. The molecule has 0 spiro atoms. The zero-order valence-electron chi connectivity index (χ0n) is 10.3. The molecular formula is C13H12BrN5. The molecule has 0 unspecified atom stereocenters. The van der Waals surface area contributed by atoms with Gasteiger partial charge < -0.3 is 9.88 Å². The van der Waals surface area contributed by atoms with Crippen molar-refractivity contribution in [2.24, 2.45) is 7.05 Å². The summed E-state index contributed by atoms with van der Waals surface area (Å²) >= 11 is 3.55. The van der Waals surface area contributed by atoms with Crippen molar-refractivity contribution in [1.82, 2.24) is 19.7 Å². The van der Waals surface area contributed by atoms with Gasteiger partial charge in [-0.3, -0.25) is 0 Å². The molecular weight excluding hydrogens is 306 g/mol. The van der Waals surface area contributed by atoms with E-state index >= 15 is 0 Å². The van der Waals surface area contributed by atoms with Crippen LogP contribution >= 0.6 is 15.9 Å². The van der Waals surface area contributed by atoms with Crippen LogP contribution in [0.1, 0.15) is 5.82 Å². The Labute approximate surface area is 118 Å². The minimum Gasteiger partial charge on any atom is -0.362 e. The average Bonchev–Trinajstić information content (AvgIpc) is 2.82. The lowest BCUT2D eigenvalue weighted by Gasteiger charge is -2.09. The molecule has 3 aromatic rings. The lowest BCUT2D eigenvalue weighted by atomic mass is 10.1. The fourth-order valence-electron chi connectivity index (χ4n) is 1.94. The highest BCUT2D eigenvalue weighted by molar-refractivity contribution is 9.10. The topological polar surface area (TPSA) is 55.6 Å². The summed E-state index contributed by atoms with van der Waals surface area (Å²) in [6, 6.07) is 8.06. The Bertz CT molecular complexity index is 722. The summed E-state index contributed by atoms with van der Waals surface area (Å²) < 4.78 is 2.95. The van der Waals surface area contributed by atoms with Crippen LogP contribution in [0, 0.1) is 0 Å². The number of hydrogen-bond donors (Lipinski definition) is 1. The summed E-state index contributed by atoms with van der Waals surface area (Å²) in [5.41, 5.74) is 0. The molecule has 0 saturated heterocycles. The lowest BCUT2D eigenvalue weighted by Crippen LogP contribution is -2.07.